The van der Waals surface area contributed by atoms with Crippen LogP contribution in [0.2, 0.25) is 5.02 Å². The van der Waals surface area contributed by atoms with Crippen LogP contribution in [0.15, 0.2) is 54.9 Å². The lowest BCUT2D eigenvalue weighted by Gasteiger charge is -2.25. The molecule has 1 aromatic heterocycles. The minimum Gasteiger partial charge on any atom is -0.324 e. The van der Waals surface area contributed by atoms with Gasteiger partial charge >= 0.3 is 0 Å². The van der Waals surface area contributed by atoms with E-state index in [9.17, 15) is 4.39 Å². The van der Waals surface area contributed by atoms with Crippen LogP contribution in [0.5, 0.6) is 0 Å². The molecule has 2 aromatic carbocycles. The second kappa shape index (κ2) is 6.18. The van der Waals surface area contributed by atoms with E-state index in [1.54, 1.807) is 16.8 Å². The third kappa shape index (κ3) is 2.69. The SMILES string of the molecule is Fc1cccc(Cl)c1C1C=C(c2ccc(I)cc2)Nc2ncnn21. The largest absolute Gasteiger partial charge is 0.324 e. The Hall–Kier alpha value is -1.93. The van der Waals surface area contributed by atoms with Gasteiger partial charge in [0.1, 0.15) is 18.2 Å². The van der Waals surface area contributed by atoms with Gasteiger partial charge in [-0.15, -0.1) is 0 Å². The number of rotatable bonds is 2. The summed E-state index contributed by atoms with van der Waals surface area (Å²) in [5, 5.41) is 7.81. The van der Waals surface area contributed by atoms with Crippen LogP contribution in [0.3, 0.4) is 0 Å². The van der Waals surface area contributed by atoms with Crippen molar-refractivity contribution in [2.45, 2.75) is 6.04 Å². The van der Waals surface area contributed by atoms with Gasteiger partial charge < -0.3 is 5.32 Å². The van der Waals surface area contributed by atoms with Gasteiger partial charge in [0.2, 0.25) is 5.95 Å². The highest BCUT2D eigenvalue weighted by atomic mass is 127. The first-order valence-corrected chi connectivity index (χ1v) is 8.67. The fourth-order valence-corrected chi connectivity index (χ4v) is 3.36. The van der Waals surface area contributed by atoms with Crippen molar-refractivity contribution in [3.05, 3.63) is 80.4 Å². The molecular formula is C17H11ClFIN4. The summed E-state index contributed by atoms with van der Waals surface area (Å²) in [5.41, 5.74) is 2.22. The standard InChI is InChI=1S/C17H11ClFIN4/c18-12-2-1-3-13(19)16(12)15-8-14(10-4-6-11(20)7-5-10)23-17-21-9-22-24(15)17/h1-9,15H,(H,21,22,23). The van der Waals surface area contributed by atoms with E-state index in [0.717, 1.165) is 14.8 Å². The molecule has 0 amide bonds. The van der Waals surface area contributed by atoms with Crippen molar-refractivity contribution in [1.82, 2.24) is 14.8 Å². The van der Waals surface area contributed by atoms with Crippen molar-refractivity contribution in [3.8, 4) is 0 Å². The van der Waals surface area contributed by atoms with Crippen LogP contribution < -0.4 is 5.32 Å². The molecule has 0 saturated carbocycles. The molecule has 0 spiro atoms. The van der Waals surface area contributed by atoms with Crippen molar-refractivity contribution in [2.24, 2.45) is 0 Å². The number of allylic oxidation sites excluding steroid dienone is 1. The molecule has 120 valence electrons. The molecule has 0 aliphatic carbocycles. The van der Waals surface area contributed by atoms with Crippen molar-refractivity contribution >= 4 is 45.8 Å². The third-order valence-electron chi connectivity index (χ3n) is 3.86. The number of hydrogen-bond acceptors (Lipinski definition) is 3. The zero-order valence-electron chi connectivity index (χ0n) is 12.2. The van der Waals surface area contributed by atoms with Gasteiger partial charge in [0.05, 0.1) is 0 Å². The first-order chi connectivity index (χ1) is 11.6. The fraction of sp³-hybridized carbons (Fsp3) is 0.0588. The Labute approximate surface area is 156 Å². The van der Waals surface area contributed by atoms with E-state index in [1.165, 1.54) is 12.4 Å². The summed E-state index contributed by atoms with van der Waals surface area (Å²) in [4.78, 5) is 4.22. The van der Waals surface area contributed by atoms with Gasteiger partial charge in [-0.1, -0.05) is 29.8 Å². The van der Waals surface area contributed by atoms with Gasteiger partial charge in [-0.2, -0.15) is 10.1 Å². The number of hydrogen-bond donors (Lipinski definition) is 1. The van der Waals surface area contributed by atoms with Crippen LogP contribution in [0.25, 0.3) is 5.70 Å². The van der Waals surface area contributed by atoms with E-state index < -0.39 is 6.04 Å². The Morgan fingerprint density at radius 1 is 1.17 bits per heavy atom. The Bertz CT molecular complexity index is 916. The average molecular weight is 453 g/mol. The molecule has 0 saturated heterocycles. The minimum absolute atomic E-state index is 0.363. The average Bonchev–Trinajstić information content (AvgIpc) is 3.04. The van der Waals surface area contributed by atoms with Crippen molar-refractivity contribution in [3.63, 3.8) is 0 Å². The number of halogens is 3. The number of aromatic nitrogens is 3. The predicted octanol–water partition coefficient (Wildman–Crippen LogP) is 4.73. The molecule has 1 N–H and O–H groups in total. The maximum Gasteiger partial charge on any atom is 0.226 e. The summed E-state index contributed by atoms with van der Waals surface area (Å²) in [6.45, 7) is 0. The smallest absolute Gasteiger partial charge is 0.226 e. The quantitative estimate of drug-likeness (QED) is 0.572. The molecule has 2 heterocycles. The zero-order chi connectivity index (χ0) is 16.7. The highest BCUT2D eigenvalue weighted by Gasteiger charge is 2.27. The summed E-state index contributed by atoms with van der Waals surface area (Å²) in [7, 11) is 0. The molecule has 4 nitrogen and oxygen atoms in total. The normalized spacial score (nSPS) is 16.3. The van der Waals surface area contributed by atoms with Crippen LogP contribution in [-0.4, -0.2) is 14.8 Å². The Morgan fingerprint density at radius 2 is 1.96 bits per heavy atom. The molecule has 0 radical (unpaired) electrons. The fourth-order valence-electron chi connectivity index (χ4n) is 2.73. The Morgan fingerprint density at radius 3 is 2.71 bits per heavy atom. The summed E-state index contributed by atoms with van der Waals surface area (Å²) in [6, 6.07) is 12.3. The highest BCUT2D eigenvalue weighted by Crippen LogP contribution is 2.36. The molecule has 3 aromatic rings. The monoisotopic (exact) mass is 452 g/mol. The minimum atomic E-state index is -0.466. The van der Waals surface area contributed by atoms with E-state index in [-0.39, 0.29) is 5.82 Å². The second-order valence-electron chi connectivity index (χ2n) is 5.32. The molecule has 24 heavy (non-hydrogen) atoms. The molecular weight excluding hydrogens is 442 g/mol. The lowest BCUT2D eigenvalue weighted by Crippen LogP contribution is -2.21. The van der Waals surface area contributed by atoms with Gasteiger partial charge in [0.15, 0.2) is 0 Å². The second-order valence-corrected chi connectivity index (χ2v) is 6.97. The van der Waals surface area contributed by atoms with E-state index in [1.807, 2.05) is 30.3 Å². The van der Waals surface area contributed by atoms with Crippen molar-refractivity contribution in [1.29, 1.82) is 0 Å². The van der Waals surface area contributed by atoms with E-state index in [2.05, 4.69) is 38.0 Å². The number of benzene rings is 2. The molecule has 4 rings (SSSR count). The predicted molar refractivity (Wildman–Crippen MR) is 100 cm³/mol. The number of anilines is 1. The lowest BCUT2D eigenvalue weighted by molar-refractivity contribution is 0.551. The molecule has 1 aliphatic rings. The van der Waals surface area contributed by atoms with Gasteiger partial charge in [-0.3, -0.25) is 0 Å². The molecule has 7 heteroatoms. The molecule has 1 aliphatic heterocycles. The van der Waals surface area contributed by atoms with E-state index >= 15 is 0 Å². The Balaban J connectivity index is 1.87. The number of nitrogens with zero attached hydrogens (tertiary/aromatic N) is 3. The molecule has 0 fully saturated rings. The van der Waals surface area contributed by atoms with E-state index in [4.69, 9.17) is 11.6 Å². The molecule has 1 unspecified atom stereocenters. The van der Waals surface area contributed by atoms with Crippen LogP contribution >= 0.6 is 34.2 Å². The summed E-state index contributed by atoms with van der Waals surface area (Å²) in [5.74, 6) is 0.185. The maximum atomic E-state index is 14.4. The van der Waals surface area contributed by atoms with Crippen molar-refractivity contribution < 1.29 is 4.39 Å². The van der Waals surface area contributed by atoms with Crippen molar-refractivity contribution in [2.75, 3.05) is 5.32 Å². The topological polar surface area (TPSA) is 42.7 Å². The number of nitrogens with one attached hydrogen (secondary N) is 1. The van der Waals surface area contributed by atoms with Crippen LogP contribution in [0.4, 0.5) is 10.3 Å². The van der Waals surface area contributed by atoms with Gasteiger partial charge in [-0.05, 0) is 58.5 Å². The maximum absolute atomic E-state index is 14.4. The summed E-state index contributed by atoms with van der Waals surface area (Å²) >= 11 is 8.51. The first kappa shape index (κ1) is 15.6. The summed E-state index contributed by atoms with van der Waals surface area (Å²) in [6.07, 6.45) is 3.35. The molecule has 1 atom stereocenters. The number of fused-ring (bicyclic) bond motifs is 1. The van der Waals surface area contributed by atoms with Gasteiger partial charge in [0, 0.05) is 19.9 Å². The van der Waals surface area contributed by atoms with Crippen LogP contribution in [0, 0.1) is 9.39 Å². The first-order valence-electron chi connectivity index (χ1n) is 7.21. The zero-order valence-corrected chi connectivity index (χ0v) is 15.2. The summed E-state index contributed by atoms with van der Waals surface area (Å²) < 4.78 is 17.2. The third-order valence-corrected chi connectivity index (χ3v) is 4.91. The van der Waals surface area contributed by atoms with Crippen LogP contribution in [-0.2, 0) is 0 Å². The highest BCUT2D eigenvalue weighted by molar-refractivity contribution is 14.1. The van der Waals surface area contributed by atoms with Crippen LogP contribution in [0.1, 0.15) is 17.2 Å². The van der Waals surface area contributed by atoms with Gasteiger partial charge in [0.25, 0.3) is 0 Å². The van der Waals surface area contributed by atoms with Gasteiger partial charge in [-0.25, -0.2) is 9.07 Å². The molecule has 0 bridgehead atoms. The van der Waals surface area contributed by atoms with E-state index in [0.29, 0.717) is 16.5 Å². The Kier molecular flexibility index (Phi) is 4.01. The lowest BCUT2D eigenvalue weighted by atomic mass is 10.0.